The molecule has 0 spiro atoms. The molecule has 0 unspecified atom stereocenters. The van der Waals surface area contributed by atoms with Gasteiger partial charge in [0, 0.05) is 32.0 Å². The first-order valence-electron chi connectivity index (χ1n) is 8.45. The number of nitrogens with zero attached hydrogens (tertiary/aromatic N) is 3. The number of carbonyl (C=O) groups excluding carboxylic acids is 1. The normalized spacial score (nSPS) is 16.6. The molecular weight excluding hydrogens is 278 g/mol. The van der Waals surface area contributed by atoms with Crippen molar-refractivity contribution < 1.29 is 4.79 Å². The molecule has 6 heteroatoms. The van der Waals surface area contributed by atoms with E-state index in [0.29, 0.717) is 6.54 Å². The van der Waals surface area contributed by atoms with E-state index in [1.165, 1.54) is 25.9 Å². The molecule has 6 nitrogen and oxygen atoms in total. The monoisotopic (exact) mass is 307 g/mol. The third kappa shape index (κ3) is 6.47. The molecule has 0 aromatic carbocycles. The highest BCUT2D eigenvalue weighted by molar-refractivity contribution is 5.73. The Morgan fingerprint density at radius 1 is 1.18 bits per heavy atom. The molecule has 1 aliphatic heterocycles. The maximum absolute atomic E-state index is 11.6. The van der Waals surface area contributed by atoms with E-state index < -0.39 is 0 Å². The predicted octanol–water partition coefficient (Wildman–Crippen LogP) is 1.69. The van der Waals surface area contributed by atoms with Crippen LogP contribution in [0, 0.1) is 5.92 Å². The first kappa shape index (κ1) is 16.8. The van der Waals surface area contributed by atoms with Gasteiger partial charge < -0.3 is 15.5 Å². The van der Waals surface area contributed by atoms with Gasteiger partial charge >= 0.3 is 6.03 Å². The Hall–Kier alpha value is -1.56. The van der Waals surface area contributed by atoms with Gasteiger partial charge in [0.1, 0.15) is 0 Å². The smallest absolute Gasteiger partial charge is 0.314 e. The predicted molar refractivity (Wildman–Crippen MR) is 87.7 cm³/mol. The SMILES string of the molecule is CC1CCN(CCCNC(=O)NCCCn2cccn2)CC1. The van der Waals surface area contributed by atoms with E-state index in [4.69, 9.17) is 0 Å². The zero-order chi connectivity index (χ0) is 15.6. The maximum Gasteiger partial charge on any atom is 0.314 e. The molecule has 1 fully saturated rings. The number of piperidine rings is 1. The molecule has 0 radical (unpaired) electrons. The zero-order valence-corrected chi connectivity index (χ0v) is 13.6. The fraction of sp³-hybridized carbons (Fsp3) is 0.750. The van der Waals surface area contributed by atoms with Crippen molar-refractivity contribution in [1.29, 1.82) is 0 Å². The van der Waals surface area contributed by atoms with Gasteiger partial charge in [-0.2, -0.15) is 5.10 Å². The minimum atomic E-state index is -0.0623. The summed E-state index contributed by atoms with van der Waals surface area (Å²) in [6.45, 7) is 8.09. The molecule has 0 saturated carbocycles. The minimum absolute atomic E-state index is 0.0623. The van der Waals surface area contributed by atoms with Crippen molar-refractivity contribution >= 4 is 6.03 Å². The lowest BCUT2D eigenvalue weighted by Gasteiger charge is -2.30. The molecule has 1 saturated heterocycles. The summed E-state index contributed by atoms with van der Waals surface area (Å²) >= 11 is 0. The number of urea groups is 1. The van der Waals surface area contributed by atoms with Crippen LogP contribution in [-0.4, -0.2) is 53.4 Å². The molecule has 0 atom stereocenters. The van der Waals surface area contributed by atoms with E-state index in [0.717, 1.165) is 38.4 Å². The molecule has 22 heavy (non-hydrogen) atoms. The number of hydrogen-bond donors (Lipinski definition) is 2. The second-order valence-electron chi connectivity index (χ2n) is 6.18. The van der Waals surface area contributed by atoms with Crippen molar-refractivity contribution in [2.75, 3.05) is 32.7 Å². The standard InChI is InChI=1S/C16H29N5O/c1-15-5-13-20(14-6-15)10-2-7-17-16(22)18-8-3-11-21-12-4-9-19-21/h4,9,12,15H,2-3,5-8,10-11,13-14H2,1H3,(H2,17,18,22). The van der Waals surface area contributed by atoms with Crippen LogP contribution in [0.3, 0.4) is 0 Å². The lowest BCUT2D eigenvalue weighted by atomic mass is 9.99. The van der Waals surface area contributed by atoms with Gasteiger partial charge in [0.15, 0.2) is 0 Å². The summed E-state index contributed by atoms with van der Waals surface area (Å²) in [5.41, 5.74) is 0. The molecule has 2 heterocycles. The van der Waals surface area contributed by atoms with Crippen molar-refractivity contribution in [3.05, 3.63) is 18.5 Å². The van der Waals surface area contributed by atoms with E-state index in [-0.39, 0.29) is 6.03 Å². The number of rotatable bonds is 8. The van der Waals surface area contributed by atoms with E-state index in [1.807, 2.05) is 16.9 Å². The quantitative estimate of drug-likeness (QED) is 0.719. The molecule has 2 rings (SSSR count). The van der Waals surface area contributed by atoms with Crippen LogP contribution in [0.5, 0.6) is 0 Å². The van der Waals surface area contributed by atoms with Crippen LogP contribution < -0.4 is 10.6 Å². The van der Waals surface area contributed by atoms with Crippen LogP contribution in [0.2, 0.25) is 0 Å². The molecule has 2 N–H and O–H groups in total. The van der Waals surface area contributed by atoms with E-state index in [9.17, 15) is 4.79 Å². The Morgan fingerprint density at radius 2 is 1.86 bits per heavy atom. The summed E-state index contributed by atoms with van der Waals surface area (Å²) in [5, 5.41) is 9.94. The molecule has 1 aromatic heterocycles. The number of hydrogen-bond acceptors (Lipinski definition) is 3. The number of aryl methyl sites for hydroxylation is 1. The second-order valence-corrected chi connectivity index (χ2v) is 6.18. The first-order chi connectivity index (χ1) is 10.7. The number of amides is 2. The Morgan fingerprint density at radius 3 is 2.50 bits per heavy atom. The Kier molecular flexibility index (Phi) is 7.22. The number of likely N-dealkylation sites (tertiary alicyclic amines) is 1. The molecule has 2 amide bonds. The van der Waals surface area contributed by atoms with E-state index in [2.05, 4.69) is 27.6 Å². The third-order valence-electron chi connectivity index (χ3n) is 4.22. The Balaban J connectivity index is 1.42. The summed E-state index contributed by atoms with van der Waals surface area (Å²) in [6.07, 6.45) is 8.23. The fourth-order valence-corrected chi connectivity index (χ4v) is 2.73. The van der Waals surface area contributed by atoms with Gasteiger partial charge in [0.05, 0.1) is 0 Å². The van der Waals surface area contributed by atoms with Crippen molar-refractivity contribution in [2.24, 2.45) is 5.92 Å². The average Bonchev–Trinajstić information content (AvgIpc) is 3.03. The van der Waals surface area contributed by atoms with E-state index >= 15 is 0 Å². The van der Waals surface area contributed by atoms with Gasteiger partial charge in [-0.25, -0.2) is 4.79 Å². The lowest BCUT2D eigenvalue weighted by Crippen LogP contribution is -2.39. The fourth-order valence-electron chi connectivity index (χ4n) is 2.73. The van der Waals surface area contributed by atoms with Gasteiger partial charge in [0.2, 0.25) is 0 Å². The van der Waals surface area contributed by atoms with Crippen molar-refractivity contribution in [3.63, 3.8) is 0 Å². The molecule has 1 aliphatic rings. The number of nitrogens with one attached hydrogen (secondary N) is 2. The largest absolute Gasteiger partial charge is 0.338 e. The highest BCUT2D eigenvalue weighted by Crippen LogP contribution is 2.15. The Labute approximate surface area is 133 Å². The van der Waals surface area contributed by atoms with Crippen molar-refractivity contribution in [2.45, 2.75) is 39.2 Å². The summed E-state index contributed by atoms with van der Waals surface area (Å²) in [6, 6.07) is 1.84. The summed E-state index contributed by atoms with van der Waals surface area (Å²) in [4.78, 5) is 14.1. The molecule has 124 valence electrons. The Bertz CT molecular complexity index is 412. The van der Waals surface area contributed by atoms with Crippen LogP contribution in [0.25, 0.3) is 0 Å². The van der Waals surface area contributed by atoms with Crippen LogP contribution in [0.15, 0.2) is 18.5 Å². The molecular formula is C16H29N5O. The highest BCUT2D eigenvalue weighted by atomic mass is 16.2. The first-order valence-corrected chi connectivity index (χ1v) is 8.45. The van der Waals surface area contributed by atoms with Crippen LogP contribution >= 0.6 is 0 Å². The lowest BCUT2D eigenvalue weighted by molar-refractivity contribution is 0.190. The average molecular weight is 307 g/mol. The maximum atomic E-state index is 11.6. The van der Waals surface area contributed by atoms with Gasteiger partial charge in [-0.3, -0.25) is 4.68 Å². The van der Waals surface area contributed by atoms with Crippen LogP contribution in [-0.2, 0) is 6.54 Å². The molecule has 0 bridgehead atoms. The summed E-state index contributed by atoms with van der Waals surface area (Å²) in [7, 11) is 0. The summed E-state index contributed by atoms with van der Waals surface area (Å²) in [5.74, 6) is 0.877. The third-order valence-corrected chi connectivity index (χ3v) is 4.22. The highest BCUT2D eigenvalue weighted by Gasteiger charge is 2.14. The van der Waals surface area contributed by atoms with Crippen LogP contribution in [0.1, 0.15) is 32.6 Å². The van der Waals surface area contributed by atoms with Gasteiger partial charge in [0.25, 0.3) is 0 Å². The van der Waals surface area contributed by atoms with Gasteiger partial charge in [-0.15, -0.1) is 0 Å². The minimum Gasteiger partial charge on any atom is -0.338 e. The van der Waals surface area contributed by atoms with Crippen LogP contribution in [0.4, 0.5) is 4.79 Å². The second kappa shape index (κ2) is 9.46. The number of aromatic nitrogens is 2. The summed E-state index contributed by atoms with van der Waals surface area (Å²) < 4.78 is 1.87. The van der Waals surface area contributed by atoms with Gasteiger partial charge in [-0.1, -0.05) is 6.92 Å². The number of carbonyl (C=O) groups is 1. The molecule has 0 aliphatic carbocycles. The van der Waals surface area contributed by atoms with Crippen molar-refractivity contribution in [1.82, 2.24) is 25.3 Å². The zero-order valence-electron chi connectivity index (χ0n) is 13.6. The topological polar surface area (TPSA) is 62.2 Å². The van der Waals surface area contributed by atoms with Crippen molar-refractivity contribution in [3.8, 4) is 0 Å². The molecule has 1 aromatic rings. The van der Waals surface area contributed by atoms with Gasteiger partial charge in [-0.05, 0) is 57.3 Å². The van der Waals surface area contributed by atoms with E-state index in [1.54, 1.807) is 6.20 Å².